The number of urea groups is 1. The number of benzene rings is 2. The molecule has 1 atom stereocenters. The predicted molar refractivity (Wildman–Crippen MR) is 102 cm³/mol. The van der Waals surface area contributed by atoms with Crippen molar-refractivity contribution in [2.75, 3.05) is 23.3 Å². The number of carboxylic acid groups (broad SMARTS) is 1. The van der Waals surface area contributed by atoms with E-state index in [1.54, 1.807) is 29.2 Å². The van der Waals surface area contributed by atoms with Crippen molar-refractivity contribution in [2.45, 2.75) is 18.5 Å². The molecule has 1 fully saturated rings. The third-order valence-corrected chi connectivity index (χ3v) is 4.86. The van der Waals surface area contributed by atoms with Gasteiger partial charge >= 0.3 is 12.2 Å². The Hall–Kier alpha value is -3.56. The van der Waals surface area contributed by atoms with E-state index >= 15 is 0 Å². The van der Waals surface area contributed by atoms with Crippen LogP contribution in [0, 0.1) is 0 Å². The van der Waals surface area contributed by atoms with E-state index in [1.165, 1.54) is 6.07 Å². The normalized spacial score (nSPS) is 18.0. The molecule has 0 spiro atoms. The summed E-state index contributed by atoms with van der Waals surface area (Å²) < 4.78 is 39.1. The van der Waals surface area contributed by atoms with Crippen molar-refractivity contribution in [2.24, 2.45) is 0 Å². The summed E-state index contributed by atoms with van der Waals surface area (Å²) in [4.78, 5) is 33.9. The Morgan fingerprint density at radius 3 is 2.50 bits per heavy atom. The minimum absolute atomic E-state index is 0.0673. The Morgan fingerprint density at radius 2 is 1.87 bits per heavy atom. The molecular formula is C20H18F3N3O4. The van der Waals surface area contributed by atoms with E-state index in [9.17, 15) is 22.8 Å². The summed E-state index contributed by atoms with van der Waals surface area (Å²) in [6.45, 7) is 0.803. The number of halogens is 3. The minimum Gasteiger partial charge on any atom is -0.483 e. The van der Waals surface area contributed by atoms with E-state index in [2.05, 4.69) is 10.6 Å². The lowest BCUT2D eigenvalue weighted by Crippen LogP contribution is -2.28. The van der Waals surface area contributed by atoms with E-state index in [4.69, 9.17) is 9.90 Å². The van der Waals surface area contributed by atoms with Gasteiger partial charge in [-0.1, -0.05) is 24.3 Å². The second-order valence-electron chi connectivity index (χ2n) is 6.69. The van der Waals surface area contributed by atoms with Crippen LogP contribution in [0.3, 0.4) is 0 Å². The summed E-state index contributed by atoms with van der Waals surface area (Å²) in [6, 6.07) is 10.1. The first-order chi connectivity index (χ1) is 14.2. The van der Waals surface area contributed by atoms with Crippen molar-refractivity contribution in [3.63, 3.8) is 0 Å². The molecule has 0 radical (unpaired) electrons. The van der Waals surface area contributed by atoms with Gasteiger partial charge in [-0.3, -0.25) is 14.5 Å². The van der Waals surface area contributed by atoms with Gasteiger partial charge in [-0.05, 0) is 29.3 Å². The Kier molecular flexibility index (Phi) is 5.95. The first-order valence-electron chi connectivity index (χ1n) is 8.98. The molecule has 1 unspecified atom stereocenters. The molecule has 30 heavy (non-hydrogen) atoms. The molecule has 2 aliphatic rings. The SMILES string of the molecule is O=C1CC(c2cccc(C(F)(F)F)c2)c2ccc(N3CCNC3=O)cc2N1.O=CO. The number of nitrogens with zero attached hydrogens (tertiary/aromatic N) is 1. The number of hydrogen-bond acceptors (Lipinski definition) is 3. The molecule has 7 nitrogen and oxygen atoms in total. The summed E-state index contributed by atoms with van der Waals surface area (Å²) in [6.07, 6.45) is -4.37. The van der Waals surface area contributed by atoms with Crippen molar-refractivity contribution in [3.8, 4) is 0 Å². The second kappa shape index (κ2) is 8.44. The summed E-state index contributed by atoms with van der Waals surface area (Å²) in [5, 5.41) is 12.4. The van der Waals surface area contributed by atoms with Gasteiger partial charge in [0.2, 0.25) is 5.91 Å². The molecule has 0 saturated carbocycles. The molecule has 2 heterocycles. The summed E-state index contributed by atoms with van der Waals surface area (Å²) in [7, 11) is 0. The lowest BCUT2D eigenvalue weighted by atomic mass is 9.84. The van der Waals surface area contributed by atoms with Crippen LogP contribution in [0.1, 0.15) is 29.0 Å². The van der Waals surface area contributed by atoms with E-state index in [1.807, 2.05) is 0 Å². The maximum Gasteiger partial charge on any atom is 0.416 e. The number of fused-ring (bicyclic) bond motifs is 1. The van der Waals surface area contributed by atoms with Crippen LogP contribution in [0.15, 0.2) is 42.5 Å². The molecule has 0 aliphatic carbocycles. The van der Waals surface area contributed by atoms with Crippen LogP contribution in [-0.4, -0.2) is 36.6 Å². The number of nitrogens with one attached hydrogen (secondary N) is 2. The number of amides is 3. The van der Waals surface area contributed by atoms with Crippen LogP contribution in [0.2, 0.25) is 0 Å². The van der Waals surface area contributed by atoms with Gasteiger partial charge in [-0.2, -0.15) is 13.2 Å². The highest BCUT2D eigenvalue weighted by Crippen LogP contribution is 2.40. The zero-order valence-electron chi connectivity index (χ0n) is 15.6. The lowest BCUT2D eigenvalue weighted by molar-refractivity contribution is -0.137. The molecular weight excluding hydrogens is 403 g/mol. The molecule has 4 rings (SSSR count). The average molecular weight is 421 g/mol. The third kappa shape index (κ3) is 4.37. The van der Waals surface area contributed by atoms with Crippen LogP contribution >= 0.6 is 0 Å². The monoisotopic (exact) mass is 421 g/mol. The van der Waals surface area contributed by atoms with E-state index in [0.717, 1.165) is 17.7 Å². The third-order valence-electron chi connectivity index (χ3n) is 4.86. The Morgan fingerprint density at radius 1 is 1.13 bits per heavy atom. The topological polar surface area (TPSA) is 98.7 Å². The number of rotatable bonds is 2. The number of carbonyl (C=O) groups is 3. The van der Waals surface area contributed by atoms with E-state index in [0.29, 0.717) is 30.0 Å². The van der Waals surface area contributed by atoms with Gasteiger partial charge < -0.3 is 15.7 Å². The van der Waals surface area contributed by atoms with E-state index < -0.39 is 17.7 Å². The Bertz CT molecular complexity index is 978. The van der Waals surface area contributed by atoms with Gasteiger partial charge in [0, 0.05) is 36.8 Å². The Balaban J connectivity index is 0.000000806. The lowest BCUT2D eigenvalue weighted by Gasteiger charge is -2.28. The van der Waals surface area contributed by atoms with Crippen molar-refractivity contribution in [1.82, 2.24) is 5.32 Å². The number of alkyl halides is 3. The molecule has 2 aromatic carbocycles. The van der Waals surface area contributed by atoms with Gasteiger partial charge in [-0.15, -0.1) is 0 Å². The molecule has 2 aromatic rings. The number of hydrogen-bond donors (Lipinski definition) is 3. The van der Waals surface area contributed by atoms with Crippen molar-refractivity contribution in [1.29, 1.82) is 0 Å². The number of carbonyl (C=O) groups excluding carboxylic acids is 2. The molecule has 2 aliphatic heterocycles. The number of anilines is 2. The minimum atomic E-state index is -4.44. The Labute approximate surface area is 169 Å². The highest BCUT2D eigenvalue weighted by atomic mass is 19.4. The first kappa shape index (κ1) is 21.2. The smallest absolute Gasteiger partial charge is 0.416 e. The fourth-order valence-corrected chi connectivity index (χ4v) is 3.57. The summed E-state index contributed by atoms with van der Waals surface area (Å²) >= 11 is 0. The van der Waals surface area contributed by atoms with Crippen molar-refractivity contribution in [3.05, 3.63) is 59.2 Å². The maximum atomic E-state index is 13.0. The standard InChI is InChI=1S/C19H16F3N3O2.CH2O2/c20-19(21,22)12-3-1-2-11(8-12)15-10-17(26)24-16-9-13(4-5-14(15)16)25-7-6-23-18(25)27;2-1-3/h1-5,8-9,15H,6-7,10H2,(H,23,27)(H,24,26);1H,(H,2,3). The van der Waals surface area contributed by atoms with Crippen LogP contribution in [-0.2, 0) is 15.8 Å². The van der Waals surface area contributed by atoms with Crippen LogP contribution < -0.4 is 15.5 Å². The van der Waals surface area contributed by atoms with Gasteiger partial charge in [0.1, 0.15) is 0 Å². The maximum absolute atomic E-state index is 13.0. The zero-order chi connectivity index (χ0) is 21.9. The summed E-state index contributed by atoms with van der Waals surface area (Å²) in [5.74, 6) is -0.745. The van der Waals surface area contributed by atoms with Crippen LogP contribution in [0.5, 0.6) is 0 Å². The molecule has 0 bridgehead atoms. The predicted octanol–water partition coefficient (Wildman–Crippen LogP) is 3.41. The molecule has 158 valence electrons. The van der Waals surface area contributed by atoms with Crippen LogP contribution in [0.25, 0.3) is 0 Å². The largest absolute Gasteiger partial charge is 0.483 e. The van der Waals surface area contributed by atoms with Gasteiger partial charge in [0.25, 0.3) is 6.47 Å². The quantitative estimate of drug-likeness (QED) is 0.648. The van der Waals surface area contributed by atoms with Crippen molar-refractivity contribution < 1.29 is 32.7 Å². The van der Waals surface area contributed by atoms with Crippen molar-refractivity contribution >= 4 is 29.8 Å². The van der Waals surface area contributed by atoms with Gasteiger partial charge in [0.15, 0.2) is 0 Å². The fraction of sp³-hybridized carbons (Fsp3) is 0.250. The highest BCUT2D eigenvalue weighted by molar-refractivity contribution is 5.98. The van der Waals surface area contributed by atoms with Crippen LogP contribution in [0.4, 0.5) is 29.3 Å². The average Bonchev–Trinajstić information content (AvgIpc) is 3.13. The molecule has 0 aromatic heterocycles. The summed E-state index contributed by atoms with van der Waals surface area (Å²) in [5.41, 5.74) is 1.59. The van der Waals surface area contributed by atoms with Gasteiger partial charge in [-0.25, -0.2) is 4.79 Å². The second-order valence-corrected chi connectivity index (χ2v) is 6.69. The highest BCUT2D eigenvalue weighted by Gasteiger charge is 2.33. The molecule has 3 N–H and O–H groups in total. The van der Waals surface area contributed by atoms with E-state index in [-0.39, 0.29) is 24.8 Å². The zero-order valence-corrected chi connectivity index (χ0v) is 15.6. The fourth-order valence-electron chi connectivity index (χ4n) is 3.57. The van der Waals surface area contributed by atoms with Gasteiger partial charge in [0.05, 0.1) is 5.56 Å². The molecule has 1 saturated heterocycles. The molecule has 10 heteroatoms. The first-order valence-corrected chi connectivity index (χ1v) is 8.98. The molecule has 3 amide bonds.